The highest BCUT2D eigenvalue weighted by atomic mass is 32.2. The average molecular weight is 540 g/mol. The maximum Gasteiger partial charge on any atom is 0.264 e. The molecular weight excluding hydrogens is 505 g/mol. The summed E-state index contributed by atoms with van der Waals surface area (Å²) in [7, 11) is -4.23. The van der Waals surface area contributed by atoms with Gasteiger partial charge in [0.25, 0.3) is 10.0 Å². The van der Waals surface area contributed by atoms with Crippen LogP contribution < -0.4 is 9.62 Å². The zero-order chi connectivity index (χ0) is 27.9. The number of anilines is 1. The highest BCUT2D eigenvalue weighted by Crippen LogP contribution is 2.25. The van der Waals surface area contributed by atoms with Crippen molar-refractivity contribution in [3.63, 3.8) is 0 Å². The van der Waals surface area contributed by atoms with Crippen molar-refractivity contribution < 1.29 is 22.4 Å². The van der Waals surface area contributed by atoms with Gasteiger partial charge in [-0.15, -0.1) is 0 Å². The van der Waals surface area contributed by atoms with Gasteiger partial charge in [0, 0.05) is 13.1 Å². The third-order valence-electron chi connectivity index (χ3n) is 6.05. The third kappa shape index (κ3) is 7.41. The van der Waals surface area contributed by atoms with Gasteiger partial charge in [-0.25, -0.2) is 12.8 Å². The first-order chi connectivity index (χ1) is 18.0. The van der Waals surface area contributed by atoms with Gasteiger partial charge in [0.2, 0.25) is 11.8 Å². The lowest BCUT2D eigenvalue weighted by Gasteiger charge is -2.32. The molecule has 0 saturated heterocycles. The number of nitrogens with zero attached hydrogens (tertiary/aromatic N) is 2. The molecule has 3 rings (SSSR count). The minimum Gasteiger partial charge on any atom is -0.354 e. The van der Waals surface area contributed by atoms with Crippen molar-refractivity contribution in [2.75, 3.05) is 17.4 Å². The molecule has 0 radical (unpaired) electrons. The molecule has 0 aromatic heterocycles. The van der Waals surface area contributed by atoms with E-state index in [1.807, 2.05) is 51.1 Å². The van der Waals surface area contributed by atoms with E-state index in [1.165, 1.54) is 17.0 Å². The molecule has 1 N–H and O–H groups in total. The summed E-state index contributed by atoms with van der Waals surface area (Å²) in [5.41, 5.74) is 2.00. The van der Waals surface area contributed by atoms with Crippen LogP contribution >= 0.6 is 0 Å². The third-order valence-corrected chi connectivity index (χ3v) is 7.84. The van der Waals surface area contributed by atoms with Gasteiger partial charge in [-0.2, -0.15) is 0 Å². The molecule has 202 valence electrons. The van der Waals surface area contributed by atoms with E-state index < -0.39 is 34.3 Å². The molecule has 3 aromatic carbocycles. The summed E-state index contributed by atoms with van der Waals surface area (Å²) in [6.07, 6.45) is 0. The van der Waals surface area contributed by atoms with Gasteiger partial charge in [0.1, 0.15) is 18.4 Å². The van der Waals surface area contributed by atoms with Crippen LogP contribution in [-0.4, -0.2) is 44.3 Å². The molecule has 0 heterocycles. The van der Waals surface area contributed by atoms with E-state index in [2.05, 4.69) is 5.32 Å². The van der Waals surface area contributed by atoms with E-state index in [4.69, 9.17) is 0 Å². The highest BCUT2D eigenvalue weighted by molar-refractivity contribution is 7.92. The predicted molar refractivity (Wildman–Crippen MR) is 146 cm³/mol. The van der Waals surface area contributed by atoms with Crippen molar-refractivity contribution in [1.29, 1.82) is 0 Å². The topological polar surface area (TPSA) is 86.8 Å². The fourth-order valence-corrected chi connectivity index (χ4v) is 5.20. The summed E-state index contributed by atoms with van der Waals surface area (Å²) in [4.78, 5) is 28.0. The molecule has 0 aliphatic heterocycles. The molecule has 9 heteroatoms. The van der Waals surface area contributed by atoms with E-state index in [9.17, 15) is 22.4 Å². The normalized spacial score (nSPS) is 12.2. The Kier molecular flexibility index (Phi) is 9.63. The molecule has 1 atom stereocenters. The molecule has 2 amide bonds. The van der Waals surface area contributed by atoms with Crippen molar-refractivity contribution in [2.24, 2.45) is 5.92 Å². The van der Waals surface area contributed by atoms with Crippen LogP contribution in [0.3, 0.4) is 0 Å². The van der Waals surface area contributed by atoms with Crippen LogP contribution in [0.15, 0.2) is 83.8 Å². The second kappa shape index (κ2) is 12.7. The first-order valence-corrected chi connectivity index (χ1v) is 13.9. The summed E-state index contributed by atoms with van der Waals surface area (Å²) < 4.78 is 41.9. The summed E-state index contributed by atoms with van der Waals surface area (Å²) in [5, 5.41) is 2.86. The number of amides is 2. The van der Waals surface area contributed by atoms with Gasteiger partial charge in [-0.1, -0.05) is 61.9 Å². The number of benzene rings is 3. The Balaban J connectivity index is 1.99. The van der Waals surface area contributed by atoms with Crippen molar-refractivity contribution in [2.45, 2.75) is 45.2 Å². The van der Waals surface area contributed by atoms with Crippen LogP contribution in [0.5, 0.6) is 0 Å². The monoisotopic (exact) mass is 539 g/mol. The van der Waals surface area contributed by atoms with Crippen molar-refractivity contribution in [3.05, 3.63) is 95.8 Å². The van der Waals surface area contributed by atoms with Crippen LogP contribution in [0.1, 0.15) is 31.9 Å². The van der Waals surface area contributed by atoms with Crippen LogP contribution in [0.2, 0.25) is 0 Å². The zero-order valence-corrected chi connectivity index (χ0v) is 22.9. The number of halogens is 1. The molecule has 7 nitrogen and oxygen atoms in total. The fraction of sp³-hybridized carbons (Fsp3) is 0.310. The summed E-state index contributed by atoms with van der Waals surface area (Å²) in [5.74, 6) is -1.22. The van der Waals surface area contributed by atoms with E-state index in [0.29, 0.717) is 6.54 Å². The van der Waals surface area contributed by atoms with Crippen LogP contribution in [0.4, 0.5) is 10.1 Å². The average Bonchev–Trinajstić information content (AvgIpc) is 2.89. The molecule has 0 aliphatic rings. The number of hydrogen-bond acceptors (Lipinski definition) is 4. The van der Waals surface area contributed by atoms with Crippen molar-refractivity contribution >= 4 is 27.5 Å². The van der Waals surface area contributed by atoms with Gasteiger partial charge in [0.15, 0.2) is 0 Å². The van der Waals surface area contributed by atoms with Crippen LogP contribution in [0.25, 0.3) is 0 Å². The minimum absolute atomic E-state index is 0.119. The first-order valence-electron chi connectivity index (χ1n) is 12.4. The zero-order valence-electron chi connectivity index (χ0n) is 22.1. The van der Waals surface area contributed by atoms with Crippen LogP contribution in [-0.2, 0) is 26.2 Å². The van der Waals surface area contributed by atoms with Gasteiger partial charge in [-0.05, 0) is 61.7 Å². The second-order valence-corrected chi connectivity index (χ2v) is 11.5. The maximum atomic E-state index is 13.8. The molecule has 1 unspecified atom stereocenters. The molecule has 0 bridgehead atoms. The lowest BCUT2D eigenvalue weighted by Crippen LogP contribution is -2.51. The number of rotatable bonds is 11. The number of nitrogens with one attached hydrogen (secondary N) is 1. The van der Waals surface area contributed by atoms with Crippen molar-refractivity contribution in [3.8, 4) is 0 Å². The summed E-state index contributed by atoms with van der Waals surface area (Å²) >= 11 is 0. The number of hydrogen-bond donors (Lipinski definition) is 1. The predicted octanol–water partition coefficient (Wildman–Crippen LogP) is 4.52. The molecule has 0 saturated carbocycles. The Morgan fingerprint density at radius 1 is 0.895 bits per heavy atom. The Morgan fingerprint density at radius 3 is 2.08 bits per heavy atom. The largest absolute Gasteiger partial charge is 0.354 e. The SMILES string of the molecule is Cc1ccc(N(CC(=O)N(Cc2ccccc2)C(C)C(=O)NCC(C)C)S(=O)(=O)c2ccc(F)cc2)cc1. The molecule has 0 aliphatic carbocycles. The molecule has 0 spiro atoms. The van der Waals surface area contributed by atoms with Gasteiger partial charge in [-0.3, -0.25) is 13.9 Å². The quantitative estimate of drug-likeness (QED) is 0.388. The number of aryl methyl sites for hydroxylation is 1. The summed E-state index contributed by atoms with van der Waals surface area (Å²) in [6.45, 7) is 7.46. The maximum absolute atomic E-state index is 13.8. The van der Waals surface area contributed by atoms with E-state index in [1.54, 1.807) is 31.2 Å². The number of carbonyl (C=O) groups is 2. The standard InChI is InChI=1S/C29H34FN3O4S/c1-21(2)18-31-29(35)23(4)32(19-24-8-6-5-7-9-24)28(34)20-33(26-14-10-22(3)11-15-26)38(36,37)27-16-12-25(30)13-17-27/h5-17,21,23H,18-20H2,1-4H3,(H,31,35). The Bertz CT molecular complexity index is 1330. The van der Waals surface area contributed by atoms with E-state index in [0.717, 1.165) is 27.6 Å². The molecule has 0 fully saturated rings. The van der Waals surface area contributed by atoms with Gasteiger partial charge in [0.05, 0.1) is 10.6 Å². The minimum atomic E-state index is -4.23. The lowest BCUT2D eigenvalue weighted by molar-refractivity contribution is -0.139. The van der Waals surface area contributed by atoms with Gasteiger partial charge >= 0.3 is 0 Å². The smallest absolute Gasteiger partial charge is 0.264 e. The molecule has 38 heavy (non-hydrogen) atoms. The Hall–Kier alpha value is -3.72. The van der Waals surface area contributed by atoms with Crippen molar-refractivity contribution in [1.82, 2.24) is 10.2 Å². The van der Waals surface area contributed by atoms with E-state index >= 15 is 0 Å². The van der Waals surface area contributed by atoms with Gasteiger partial charge < -0.3 is 10.2 Å². The number of sulfonamides is 1. The van der Waals surface area contributed by atoms with Crippen LogP contribution in [0, 0.1) is 18.7 Å². The number of carbonyl (C=O) groups excluding carboxylic acids is 2. The van der Waals surface area contributed by atoms with E-state index in [-0.39, 0.29) is 29.0 Å². The first kappa shape index (κ1) is 28.8. The fourth-order valence-electron chi connectivity index (χ4n) is 3.79. The molecule has 3 aromatic rings. The summed E-state index contributed by atoms with van der Waals surface area (Å²) in [6, 6.07) is 19.5. The second-order valence-electron chi connectivity index (χ2n) is 9.62. The highest BCUT2D eigenvalue weighted by Gasteiger charge is 2.32. The molecular formula is C29H34FN3O4S. The Morgan fingerprint density at radius 2 is 1.50 bits per heavy atom. The lowest BCUT2D eigenvalue weighted by atomic mass is 10.1. The Labute approximate surface area is 224 Å².